The van der Waals surface area contributed by atoms with Gasteiger partial charge in [-0.25, -0.2) is 0 Å². The summed E-state index contributed by atoms with van der Waals surface area (Å²) in [5, 5.41) is 9.20. The van der Waals surface area contributed by atoms with E-state index in [0.29, 0.717) is 4.47 Å². The van der Waals surface area contributed by atoms with E-state index in [1.54, 1.807) is 0 Å². The molecule has 0 bridgehead atoms. The van der Waals surface area contributed by atoms with Gasteiger partial charge in [0.2, 0.25) is 0 Å². The minimum atomic E-state index is -2.96. The van der Waals surface area contributed by atoms with E-state index in [1.807, 2.05) is 0 Å². The van der Waals surface area contributed by atoms with Crippen LogP contribution in [0.4, 0.5) is 8.78 Å². The number of ether oxygens (including phenoxy) is 1. The number of hydrogen-bond donors (Lipinski definition) is 1. The van der Waals surface area contributed by atoms with Crippen LogP contribution in [0.2, 0.25) is 0 Å². The van der Waals surface area contributed by atoms with Gasteiger partial charge in [0.25, 0.3) is 0 Å². The van der Waals surface area contributed by atoms with Gasteiger partial charge in [0.15, 0.2) is 11.5 Å². The Morgan fingerprint density at radius 1 is 1.31 bits per heavy atom. The molecule has 0 saturated heterocycles. The van der Waals surface area contributed by atoms with Gasteiger partial charge >= 0.3 is 6.61 Å². The molecule has 1 N–H and O–H groups in total. The molecule has 0 spiro atoms. The van der Waals surface area contributed by atoms with Gasteiger partial charge in [-0.2, -0.15) is 8.78 Å². The lowest BCUT2D eigenvalue weighted by Crippen LogP contribution is -2.02. The average molecular weight is 318 g/mol. The van der Waals surface area contributed by atoms with E-state index in [2.05, 4.69) is 36.6 Å². The highest BCUT2D eigenvalue weighted by Crippen LogP contribution is 2.38. The number of aromatic hydroxyl groups is 1. The Morgan fingerprint density at radius 2 is 1.92 bits per heavy atom. The van der Waals surface area contributed by atoms with Gasteiger partial charge in [-0.05, 0) is 28.1 Å². The molecule has 0 aliphatic rings. The summed E-state index contributed by atoms with van der Waals surface area (Å²) in [7, 11) is 0. The van der Waals surface area contributed by atoms with Gasteiger partial charge in [0.1, 0.15) is 0 Å². The normalized spacial score (nSPS) is 10.5. The van der Waals surface area contributed by atoms with Gasteiger partial charge < -0.3 is 9.84 Å². The van der Waals surface area contributed by atoms with Crippen molar-refractivity contribution in [2.75, 3.05) is 0 Å². The maximum atomic E-state index is 11.8. The van der Waals surface area contributed by atoms with Gasteiger partial charge in [-0.1, -0.05) is 15.9 Å². The first kappa shape index (κ1) is 10.7. The van der Waals surface area contributed by atoms with Crippen molar-refractivity contribution >= 4 is 31.9 Å². The maximum Gasteiger partial charge on any atom is 0.387 e. The number of halogens is 4. The zero-order chi connectivity index (χ0) is 10.0. The molecule has 2 nitrogen and oxygen atoms in total. The number of rotatable bonds is 2. The molecular weight excluding hydrogens is 314 g/mol. The SMILES string of the molecule is Oc1cc(Br)cc(Br)c1OC(F)F. The number of phenolic OH excluding ortho intramolecular Hbond substituents is 1. The van der Waals surface area contributed by atoms with E-state index in [1.165, 1.54) is 12.1 Å². The fourth-order valence-corrected chi connectivity index (χ4v) is 2.05. The standard InChI is InChI=1S/C7H4Br2F2O2/c8-3-1-4(9)6(5(12)2-3)13-7(10)11/h1-2,7,12H. The molecule has 0 aliphatic carbocycles. The van der Waals surface area contributed by atoms with Crippen molar-refractivity contribution < 1.29 is 18.6 Å². The third-order valence-corrected chi connectivity index (χ3v) is 2.24. The first-order chi connectivity index (χ1) is 6.00. The van der Waals surface area contributed by atoms with E-state index in [9.17, 15) is 13.9 Å². The van der Waals surface area contributed by atoms with Crippen molar-refractivity contribution in [1.82, 2.24) is 0 Å². The Balaban J connectivity index is 3.06. The summed E-state index contributed by atoms with van der Waals surface area (Å²) in [4.78, 5) is 0. The van der Waals surface area contributed by atoms with Gasteiger partial charge in [0.05, 0.1) is 4.47 Å². The summed E-state index contributed by atoms with van der Waals surface area (Å²) in [5.74, 6) is -0.611. The van der Waals surface area contributed by atoms with E-state index < -0.39 is 6.61 Å². The average Bonchev–Trinajstić information content (AvgIpc) is 1.96. The highest BCUT2D eigenvalue weighted by molar-refractivity contribution is 9.11. The molecule has 1 aromatic rings. The van der Waals surface area contributed by atoms with Crippen LogP contribution in [-0.4, -0.2) is 11.7 Å². The van der Waals surface area contributed by atoms with Gasteiger partial charge in [0, 0.05) is 4.47 Å². The van der Waals surface area contributed by atoms with Crippen molar-refractivity contribution in [1.29, 1.82) is 0 Å². The lowest BCUT2D eigenvalue weighted by atomic mass is 10.3. The highest BCUT2D eigenvalue weighted by Gasteiger charge is 2.13. The summed E-state index contributed by atoms with van der Waals surface area (Å²) in [6, 6.07) is 2.76. The Morgan fingerprint density at radius 3 is 2.38 bits per heavy atom. The number of hydrogen-bond acceptors (Lipinski definition) is 2. The van der Waals surface area contributed by atoms with Gasteiger partial charge in [-0.15, -0.1) is 0 Å². The minimum absolute atomic E-state index is 0.264. The first-order valence-electron chi connectivity index (χ1n) is 3.13. The molecule has 0 atom stereocenters. The molecule has 1 aromatic carbocycles. The van der Waals surface area contributed by atoms with Crippen molar-refractivity contribution in [2.24, 2.45) is 0 Å². The number of phenols is 1. The van der Waals surface area contributed by atoms with Crippen molar-refractivity contribution in [3.8, 4) is 11.5 Å². The summed E-state index contributed by atoms with van der Waals surface area (Å²) in [6.07, 6.45) is 0. The van der Waals surface area contributed by atoms with E-state index in [4.69, 9.17) is 0 Å². The molecule has 0 amide bonds. The minimum Gasteiger partial charge on any atom is -0.504 e. The Labute approximate surface area is 89.8 Å². The van der Waals surface area contributed by atoms with E-state index in [0.717, 1.165) is 0 Å². The van der Waals surface area contributed by atoms with Crippen LogP contribution in [0.5, 0.6) is 11.5 Å². The van der Waals surface area contributed by atoms with Crippen LogP contribution in [0.1, 0.15) is 0 Å². The molecule has 0 aromatic heterocycles. The second-order valence-corrected chi connectivity index (χ2v) is 3.88. The maximum absolute atomic E-state index is 11.8. The predicted molar refractivity (Wildman–Crippen MR) is 50.1 cm³/mol. The smallest absolute Gasteiger partial charge is 0.387 e. The Bertz CT molecular complexity index is 294. The van der Waals surface area contributed by atoms with Crippen LogP contribution < -0.4 is 4.74 Å². The first-order valence-corrected chi connectivity index (χ1v) is 4.72. The summed E-state index contributed by atoms with van der Waals surface area (Å²) in [6.45, 7) is -2.96. The van der Waals surface area contributed by atoms with Crippen LogP contribution in [0.25, 0.3) is 0 Å². The largest absolute Gasteiger partial charge is 0.504 e. The molecule has 0 radical (unpaired) electrons. The Hall–Kier alpha value is -0.360. The van der Waals surface area contributed by atoms with Crippen LogP contribution in [0.3, 0.4) is 0 Å². The third-order valence-electron chi connectivity index (χ3n) is 1.20. The fraction of sp³-hybridized carbons (Fsp3) is 0.143. The molecule has 6 heteroatoms. The monoisotopic (exact) mass is 316 g/mol. The van der Waals surface area contributed by atoms with Crippen LogP contribution in [0.15, 0.2) is 21.1 Å². The molecule has 13 heavy (non-hydrogen) atoms. The summed E-state index contributed by atoms with van der Waals surface area (Å²) in [5.41, 5.74) is 0. The van der Waals surface area contributed by atoms with Gasteiger partial charge in [-0.3, -0.25) is 0 Å². The van der Waals surface area contributed by atoms with Crippen LogP contribution >= 0.6 is 31.9 Å². The topological polar surface area (TPSA) is 29.5 Å². The summed E-state index contributed by atoms with van der Waals surface area (Å²) < 4.78 is 28.5. The predicted octanol–water partition coefficient (Wildman–Crippen LogP) is 3.52. The van der Waals surface area contributed by atoms with Crippen molar-refractivity contribution in [3.63, 3.8) is 0 Å². The van der Waals surface area contributed by atoms with E-state index in [-0.39, 0.29) is 16.0 Å². The molecule has 1 rings (SSSR count). The van der Waals surface area contributed by atoms with Crippen molar-refractivity contribution in [3.05, 3.63) is 21.1 Å². The second kappa shape index (κ2) is 4.23. The van der Waals surface area contributed by atoms with E-state index >= 15 is 0 Å². The molecule has 0 aliphatic heterocycles. The second-order valence-electron chi connectivity index (χ2n) is 2.11. The molecule has 72 valence electrons. The van der Waals surface area contributed by atoms with Crippen LogP contribution in [0, 0.1) is 0 Å². The molecular formula is C7H4Br2F2O2. The lowest BCUT2D eigenvalue weighted by molar-refractivity contribution is -0.0517. The quantitative estimate of drug-likeness (QED) is 0.904. The number of alkyl halides is 2. The zero-order valence-corrected chi connectivity index (χ0v) is 9.27. The molecule has 0 saturated carbocycles. The Kier molecular flexibility index (Phi) is 3.49. The third kappa shape index (κ3) is 2.80. The number of benzene rings is 1. The molecule has 0 unspecified atom stereocenters. The van der Waals surface area contributed by atoms with Crippen molar-refractivity contribution in [2.45, 2.75) is 6.61 Å². The molecule has 0 fully saturated rings. The van der Waals surface area contributed by atoms with Crippen LogP contribution in [-0.2, 0) is 0 Å². The lowest BCUT2D eigenvalue weighted by Gasteiger charge is -2.08. The fourth-order valence-electron chi connectivity index (χ4n) is 0.753. The summed E-state index contributed by atoms with van der Waals surface area (Å²) >= 11 is 6.06. The molecule has 0 heterocycles. The highest BCUT2D eigenvalue weighted by atomic mass is 79.9. The zero-order valence-electron chi connectivity index (χ0n) is 6.10.